The van der Waals surface area contributed by atoms with Gasteiger partial charge >= 0.3 is 0 Å². The number of hydrogen-bond donors (Lipinski definition) is 2. The lowest BCUT2D eigenvalue weighted by molar-refractivity contribution is 0.0342. The van der Waals surface area contributed by atoms with E-state index in [0.717, 1.165) is 57.8 Å². The van der Waals surface area contributed by atoms with E-state index in [2.05, 4.69) is 58.6 Å². The molecule has 2 rings (SSSR count). The van der Waals surface area contributed by atoms with Gasteiger partial charge in [-0.3, -0.25) is 9.89 Å². The van der Waals surface area contributed by atoms with Gasteiger partial charge in [0.1, 0.15) is 0 Å². The van der Waals surface area contributed by atoms with E-state index in [1.807, 2.05) is 7.05 Å². The van der Waals surface area contributed by atoms with E-state index in [9.17, 15) is 0 Å². The van der Waals surface area contributed by atoms with Crippen LogP contribution in [0, 0.1) is 5.92 Å². The standard InChI is InChI=1S/C21H36N4O/c1-18(2)6-4-5-11-23-21(22-3)24-16-19-7-9-20(10-8-19)17-25-12-14-26-15-13-25/h7-10,18H,4-6,11-17H2,1-3H3,(H2,22,23,24). The van der Waals surface area contributed by atoms with Gasteiger partial charge in [0.15, 0.2) is 5.96 Å². The third-order valence-corrected chi connectivity index (χ3v) is 4.72. The SMILES string of the molecule is CN=C(NCCCCC(C)C)NCc1ccc(CN2CCOCC2)cc1. The highest BCUT2D eigenvalue weighted by atomic mass is 16.5. The van der Waals surface area contributed by atoms with Crippen molar-refractivity contribution in [3.63, 3.8) is 0 Å². The van der Waals surface area contributed by atoms with E-state index in [1.54, 1.807) is 0 Å². The number of benzene rings is 1. The molecule has 0 atom stereocenters. The zero-order valence-corrected chi connectivity index (χ0v) is 16.8. The van der Waals surface area contributed by atoms with Crippen molar-refractivity contribution in [2.75, 3.05) is 39.9 Å². The minimum atomic E-state index is 0.790. The number of ether oxygens (including phenoxy) is 1. The van der Waals surface area contributed by atoms with Gasteiger partial charge in [-0.15, -0.1) is 0 Å². The second kappa shape index (κ2) is 11.9. The maximum absolute atomic E-state index is 5.41. The van der Waals surface area contributed by atoms with Gasteiger partial charge in [-0.2, -0.15) is 0 Å². The minimum absolute atomic E-state index is 0.790. The number of aliphatic imine (C=N–C) groups is 1. The molecule has 26 heavy (non-hydrogen) atoms. The summed E-state index contributed by atoms with van der Waals surface area (Å²) >= 11 is 0. The first-order chi connectivity index (χ1) is 12.7. The zero-order chi connectivity index (χ0) is 18.6. The lowest BCUT2D eigenvalue weighted by atomic mass is 10.1. The molecule has 1 saturated heterocycles. The van der Waals surface area contributed by atoms with E-state index in [1.165, 1.54) is 30.4 Å². The smallest absolute Gasteiger partial charge is 0.191 e. The largest absolute Gasteiger partial charge is 0.379 e. The summed E-state index contributed by atoms with van der Waals surface area (Å²) in [6.07, 6.45) is 3.76. The van der Waals surface area contributed by atoms with Gasteiger partial charge < -0.3 is 15.4 Å². The molecule has 0 spiro atoms. The van der Waals surface area contributed by atoms with Gasteiger partial charge in [-0.05, 0) is 23.5 Å². The molecule has 0 radical (unpaired) electrons. The van der Waals surface area contributed by atoms with E-state index in [0.29, 0.717) is 0 Å². The van der Waals surface area contributed by atoms with Crippen molar-refractivity contribution in [2.45, 2.75) is 46.2 Å². The number of unbranched alkanes of at least 4 members (excludes halogenated alkanes) is 1. The lowest BCUT2D eigenvalue weighted by Gasteiger charge is -2.26. The molecular formula is C21H36N4O. The highest BCUT2D eigenvalue weighted by Gasteiger charge is 2.10. The fourth-order valence-electron chi connectivity index (χ4n) is 3.07. The van der Waals surface area contributed by atoms with E-state index in [-0.39, 0.29) is 0 Å². The van der Waals surface area contributed by atoms with Crippen molar-refractivity contribution in [3.05, 3.63) is 35.4 Å². The molecule has 0 aromatic heterocycles. The Morgan fingerprint density at radius 1 is 1.08 bits per heavy atom. The van der Waals surface area contributed by atoms with Gasteiger partial charge in [0.2, 0.25) is 0 Å². The minimum Gasteiger partial charge on any atom is -0.379 e. The molecule has 1 aromatic carbocycles. The third kappa shape index (κ3) is 8.19. The van der Waals surface area contributed by atoms with Gasteiger partial charge in [-0.1, -0.05) is 51.0 Å². The molecule has 0 aliphatic carbocycles. The summed E-state index contributed by atoms with van der Waals surface area (Å²) in [5.41, 5.74) is 2.64. The van der Waals surface area contributed by atoms with Crippen LogP contribution >= 0.6 is 0 Å². The summed E-state index contributed by atoms with van der Waals surface area (Å²) in [5, 5.41) is 6.80. The molecule has 1 aliphatic heterocycles. The number of nitrogens with one attached hydrogen (secondary N) is 2. The number of guanidine groups is 1. The summed E-state index contributed by atoms with van der Waals surface area (Å²) in [4.78, 5) is 6.75. The molecule has 1 heterocycles. The average molecular weight is 361 g/mol. The molecule has 2 N–H and O–H groups in total. The first kappa shape index (κ1) is 20.7. The van der Waals surface area contributed by atoms with Crippen molar-refractivity contribution in [2.24, 2.45) is 10.9 Å². The van der Waals surface area contributed by atoms with Gasteiger partial charge in [0.05, 0.1) is 13.2 Å². The quantitative estimate of drug-likeness (QED) is 0.404. The first-order valence-corrected chi connectivity index (χ1v) is 10.00. The zero-order valence-electron chi connectivity index (χ0n) is 16.8. The molecule has 0 amide bonds. The molecule has 0 saturated carbocycles. The van der Waals surface area contributed by atoms with E-state index >= 15 is 0 Å². The Kier molecular flexibility index (Phi) is 9.50. The van der Waals surface area contributed by atoms with Crippen LogP contribution in [0.1, 0.15) is 44.2 Å². The average Bonchev–Trinajstić information content (AvgIpc) is 2.66. The summed E-state index contributed by atoms with van der Waals surface area (Å²) in [7, 11) is 1.83. The van der Waals surface area contributed by atoms with Crippen molar-refractivity contribution in [3.8, 4) is 0 Å². The van der Waals surface area contributed by atoms with Crippen LogP contribution < -0.4 is 10.6 Å². The van der Waals surface area contributed by atoms with Crippen LogP contribution in [0.3, 0.4) is 0 Å². The van der Waals surface area contributed by atoms with Crippen LogP contribution in [0.15, 0.2) is 29.3 Å². The number of morpholine rings is 1. The second-order valence-electron chi connectivity index (χ2n) is 7.45. The maximum Gasteiger partial charge on any atom is 0.191 e. The Labute approximate surface area is 159 Å². The molecule has 1 aliphatic rings. The molecule has 5 heteroatoms. The Morgan fingerprint density at radius 3 is 2.42 bits per heavy atom. The third-order valence-electron chi connectivity index (χ3n) is 4.72. The normalized spacial score (nSPS) is 16.1. The van der Waals surface area contributed by atoms with E-state index < -0.39 is 0 Å². The van der Waals surface area contributed by atoms with Crippen molar-refractivity contribution in [1.29, 1.82) is 0 Å². The van der Waals surface area contributed by atoms with Crippen molar-refractivity contribution >= 4 is 5.96 Å². The maximum atomic E-state index is 5.41. The van der Waals surface area contributed by atoms with Gasteiger partial charge in [-0.25, -0.2) is 0 Å². The van der Waals surface area contributed by atoms with Gasteiger partial charge in [0, 0.05) is 39.8 Å². The highest BCUT2D eigenvalue weighted by molar-refractivity contribution is 5.79. The first-order valence-electron chi connectivity index (χ1n) is 10.00. The molecule has 0 unspecified atom stereocenters. The van der Waals surface area contributed by atoms with Crippen LogP contribution in [0.25, 0.3) is 0 Å². The monoisotopic (exact) mass is 360 g/mol. The van der Waals surface area contributed by atoms with E-state index in [4.69, 9.17) is 4.74 Å². The molecule has 5 nitrogen and oxygen atoms in total. The highest BCUT2D eigenvalue weighted by Crippen LogP contribution is 2.09. The Balaban J connectivity index is 1.67. The van der Waals surface area contributed by atoms with Crippen LogP contribution in [-0.2, 0) is 17.8 Å². The molecule has 1 fully saturated rings. The number of rotatable bonds is 9. The van der Waals surface area contributed by atoms with Crippen LogP contribution in [0.4, 0.5) is 0 Å². The molecule has 0 bridgehead atoms. The van der Waals surface area contributed by atoms with Crippen molar-refractivity contribution < 1.29 is 4.74 Å². The second-order valence-corrected chi connectivity index (χ2v) is 7.45. The fraction of sp³-hybridized carbons (Fsp3) is 0.667. The molecular weight excluding hydrogens is 324 g/mol. The topological polar surface area (TPSA) is 48.9 Å². The van der Waals surface area contributed by atoms with Crippen LogP contribution in [0.2, 0.25) is 0 Å². The predicted octanol–water partition coefficient (Wildman–Crippen LogP) is 3.01. The summed E-state index contributed by atoms with van der Waals surface area (Å²) in [6, 6.07) is 8.88. The van der Waals surface area contributed by atoms with Crippen molar-refractivity contribution in [1.82, 2.24) is 15.5 Å². The number of hydrogen-bond acceptors (Lipinski definition) is 3. The Bertz CT molecular complexity index is 521. The van der Waals surface area contributed by atoms with Gasteiger partial charge in [0.25, 0.3) is 0 Å². The summed E-state index contributed by atoms with van der Waals surface area (Å²) < 4.78 is 5.41. The predicted molar refractivity (Wildman–Crippen MR) is 109 cm³/mol. The Morgan fingerprint density at radius 2 is 1.77 bits per heavy atom. The molecule has 146 valence electrons. The summed E-state index contributed by atoms with van der Waals surface area (Å²) in [6.45, 7) is 11.1. The fourth-order valence-corrected chi connectivity index (χ4v) is 3.07. The molecule has 1 aromatic rings. The van der Waals surface area contributed by atoms with Crippen LogP contribution in [-0.4, -0.2) is 50.8 Å². The number of nitrogens with zero attached hydrogens (tertiary/aromatic N) is 2. The van der Waals surface area contributed by atoms with Crippen LogP contribution in [0.5, 0.6) is 0 Å². The summed E-state index contributed by atoms with van der Waals surface area (Å²) in [5.74, 6) is 1.67. The Hall–Kier alpha value is -1.59. The lowest BCUT2D eigenvalue weighted by Crippen LogP contribution is -2.37.